The molecule has 0 aromatic heterocycles. The normalized spacial score (nSPS) is 11.2. The van der Waals surface area contributed by atoms with Gasteiger partial charge in [-0.2, -0.15) is 0 Å². The Labute approximate surface area is 102 Å². The van der Waals surface area contributed by atoms with Crippen LogP contribution in [-0.4, -0.2) is 23.3 Å². The molecular formula is C13H20FN3. The molecule has 0 saturated carbocycles. The van der Waals surface area contributed by atoms with E-state index < -0.39 is 0 Å². The highest BCUT2D eigenvalue weighted by atomic mass is 19.1. The number of hydrogen-bond acceptors (Lipinski definition) is 2. The maximum atomic E-state index is 13.1. The highest BCUT2D eigenvalue weighted by Crippen LogP contribution is 2.14. The van der Waals surface area contributed by atoms with E-state index in [1.807, 2.05) is 0 Å². The molecule has 0 atom stereocenters. The molecule has 1 aromatic rings. The summed E-state index contributed by atoms with van der Waals surface area (Å²) in [4.78, 5) is 2.24. The molecule has 0 saturated heterocycles. The number of hydrogen-bond donors (Lipinski definition) is 2. The van der Waals surface area contributed by atoms with Crippen LogP contribution >= 0.6 is 0 Å². The third-order valence-electron chi connectivity index (χ3n) is 2.87. The summed E-state index contributed by atoms with van der Waals surface area (Å²) < 4.78 is 13.1. The van der Waals surface area contributed by atoms with Crippen molar-refractivity contribution in [3.63, 3.8) is 0 Å². The van der Waals surface area contributed by atoms with Gasteiger partial charge in [0.1, 0.15) is 11.7 Å². The van der Waals surface area contributed by atoms with Gasteiger partial charge in [0.05, 0.1) is 0 Å². The van der Waals surface area contributed by atoms with Crippen LogP contribution in [0.15, 0.2) is 18.2 Å². The van der Waals surface area contributed by atoms with Crippen LogP contribution in [0.1, 0.15) is 31.9 Å². The van der Waals surface area contributed by atoms with E-state index in [9.17, 15) is 4.39 Å². The summed E-state index contributed by atoms with van der Waals surface area (Å²) in [7, 11) is 0. The highest BCUT2D eigenvalue weighted by molar-refractivity contribution is 5.96. The van der Waals surface area contributed by atoms with Crippen molar-refractivity contribution in [2.24, 2.45) is 5.73 Å². The summed E-state index contributed by atoms with van der Waals surface area (Å²) in [5.74, 6) is -0.439. The van der Waals surface area contributed by atoms with Crippen LogP contribution < -0.4 is 5.73 Å². The Bertz CT molecular complexity index is 402. The topological polar surface area (TPSA) is 53.1 Å². The lowest BCUT2D eigenvalue weighted by atomic mass is 10.1. The lowest BCUT2D eigenvalue weighted by Gasteiger charge is -2.25. The monoisotopic (exact) mass is 237 g/mol. The minimum Gasteiger partial charge on any atom is -0.384 e. The van der Waals surface area contributed by atoms with Crippen LogP contribution in [0.5, 0.6) is 0 Å². The molecule has 0 aliphatic carbocycles. The van der Waals surface area contributed by atoms with Crippen LogP contribution in [0.25, 0.3) is 0 Å². The Morgan fingerprint density at radius 2 is 2.12 bits per heavy atom. The van der Waals surface area contributed by atoms with Crippen molar-refractivity contribution >= 4 is 5.84 Å². The lowest BCUT2D eigenvalue weighted by molar-refractivity contribution is 0.225. The predicted octanol–water partition coefficient (Wildman–Crippen LogP) is 2.34. The molecular weight excluding hydrogens is 217 g/mol. The first-order valence-electron chi connectivity index (χ1n) is 5.82. The van der Waals surface area contributed by atoms with Crippen molar-refractivity contribution in [1.29, 1.82) is 5.41 Å². The lowest BCUT2D eigenvalue weighted by Crippen LogP contribution is -2.31. The minimum atomic E-state index is -0.355. The van der Waals surface area contributed by atoms with Gasteiger partial charge in [-0.1, -0.05) is 13.0 Å². The van der Waals surface area contributed by atoms with Crippen LogP contribution in [0.2, 0.25) is 0 Å². The Morgan fingerprint density at radius 1 is 1.47 bits per heavy atom. The molecule has 1 aromatic carbocycles. The smallest absolute Gasteiger partial charge is 0.123 e. The summed E-state index contributed by atoms with van der Waals surface area (Å²) in [6, 6.07) is 4.85. The van der Waals surface area contributed by atoms with Crippen LogP contribution in [-0.2, 0) is 6.54 Å². The fourth-order valence-corrected chi connectivity index (χ4v) is 1.82. The van der Waals surface area contributed by atoms with E-state index in [0.29, 0.717) is 18.2 Å². The largest absolute Gasteiger partial charge is 0.384 e. The number of rotatable bonds is 5. The van der Waals surface area contributed by atoms with Gasteiger partial charge in [-0.3, -0.25) is 10.3 Å². The van der Waals surface area contributed by atoms with Crippen molar-refractivity contribution in [3.05, 3.63) is 35.1 Å². The first-order chi connectivity index (χ1) is 7.95. The summed E-state index contributed by atoms with van der Waals surface area (Å²) in [6.07, 6.45) is 0. The molecule has 0 spiro atoms. The van der Waals surface area contributed by atoms with Gasteiger partial charge in [-0.15, -0.1) is 0 Å². The number of benzene rings is 1. The SMILES string of the molecule is CCN(Cc1ccc(F)cc1C(=N)N)C(C)C. The minimum absolute atomic E-state index is 0.0840. The third-order valence-corrected chi connectivity index (χ3v) is 2.87. The fourth-order valence-electron chi connectivity index (χ4n) is 1.82. The number of nitrogen functional groups attached to an aromatic ring is 1. The molecule has 0 heterocycles. The van der Waals surface area contributed by atoms with Crippen molar-refractivity contribution in [1.82, 2.24) is 4.90 Å². The van der Waals surface area contributed by atoms with E-state index in [0.717, 1.165) is 12.1 Å². The number of halogens is 1. The maximum Gasteiger partial charge on any atom is 0.123 e. The van der Waals surface area contributed by atoms with Gasteiger partial charge in [0, 0.05) is 18.2 Å². The number of amidine groups is 1. The molecule has 0 unspecified atom stereocenters. The van der Waals surface area contributed by atoms with Gasteiger partial charge >= 0.3 is 0 Å². The van der Waals surface area contributed by atoms with Crippen molar-refractivity contribution in [3.8, 4) is 0 Å². The molecule has 0 aliphatic heterocycles. The molecule has 4 heteroatoms. The van der Waals surface area contributed by atoms with E-state index in [1.165, 1.54) is 12.1 Å². The molecule has 3 N–H and O–H groups in total. The Kier molecular flexibility index (Phi) is 4.63. The Hall–Kier alpha value is -1.42. The summed E-state index contributed by atoms with van der Waals surface area (Å²) in [6.45, 7) is 7.90. The summed E-state index contributed by atoms with van der Waals surface area (Å²) in [5.41, 5.74) is 6.86. The fraction of sp³-hybridized carbons (Fsp3) is 0.462. The zero-order chi connectivity index (χ0) is 13.0. The van der Waals surface area contributed by atoms with E-state index >= 15 is 0 Å². The summed E-state index contributed by atoms with van der Waals surface area (Å²) >= 11 is 0. The predicted molar refractivity (Wildman–Crippen MR) is 68.6 cm³/mol. The first kappa shape index (κ1) is 13.6. The second kappa shape index (κ2) is 5.77. The molecule has 0 radical (unpaired) electrons. The summed E-state index contributed by atoms with van der Waals surface area (Å²) in [5, 5.41) is 7.47. The first-order valence-corrected chi connectivity index (χ1v) is 5.82. The Balaban J connectivity index is 3.01. The zero-order valence-electron chi connectivity index (χ0n) is 10.6. The van der Waals surface area contributed by atoms with Crippen LogP contribution in [0.3, 0.4) is 0 Å². The van der Waals surface area contributed by atoms with Crippen molar-refractivity contribution in [2.75, 3.05) is 6.54 Å². The molecule has 94 valence electrons. The molecule has 0 amide bonds. The number of nitrogens with zero attached hydrogens (tertiary/aromatic N) is 1. The molecule has 1 rings (SSSR count). The highest BCUT2D eigenvalue weighted by Gasteiger charge is 2.12. The molecule has 0 aliphatic rings. The van der Waals surface area contributed by atoms with E-state index in [1.54, 1.807) is 6.07 Å². The average Bonchev–Trinajstić information content (AvgIpc) is 2.26. The van der Waals surface area contributed by atoms with Crippen molar-refractivity contribution in [2.45, 2.75) is 33.4 Å². The van der Waals surface area contributed by atoms with Gasteiger partial charge < -0.3 is 5.73 Å². The van der Waals surface area contributed by atoms with E-state index in [4.69, 9.17) is 11.1 Å². The zero-order valence-corrected chi connectivity index (χ0v) is 10.6. The third kappa shape index (κ3) is 3.53. The second-order valence-corrected chi connectivity index (χ2v) is 4.37. The number of nitrogens with two attached hydrogens (primary N) is 1. The van der Waals surface area contributed by atoms with Gasteiger partial charge in [0.25, 0.3) is 0 Å². The average molecular weight is 237 g/mol. The Morgan fingerprint density at radius 3 is 2.59 bits per heavy atom. The van der Waals surface area contributed by atoms with Crippen LogP contribution in [0, 0.1) is 11.2 Å². The van der Waals surface area contributed by atoms with E-state index in [2.05, 4.69) is 25.7 Å². The second-order valence-electron chi connectivity index (χ2n) is 4.37. The molecule has 17 heavy (non-hydrogen) atoms. The van der Waals surface area contributed by atoms with E-state index in [-0.39, 0.29) is 11.7 Å². The van der Waals surface area contributed by atoms with Gasteiger partial charge in [-0.05, 0) is 38.1 Å². The standard InChI is InChI=1S/C13H20FN3/c1-4-17(9(2)3)8-10-5-6-11(14)7-12(10)13(15)16/h5-7,9H,4,8H2,1-3H3,(H3,15,16). The van der Waals surface area contributed by atoms with Gasteiger partial charge in [-0.25, -0.2) is 4.39 Å². The molecule has 0 fully saturated rings. The quantitative estimate of drug-likeness (QED) is 0.610. The van der Waals surface area contributed by atoms with Gasteiger partial charge in [0.15, 0.2) is 0 Å². The van der Waals surface area contributed by atoms with Crippen LogP contribution in [0.4, 0.5) is 4.39 Å². The van der Waals surface area contributed by atoms with Gasteiger partial charge in [0.2, 0.25) is 0 Å². The number of nitrogens with one attached hydrogen (secondary N) is 1. The van der Waals surface area contributed by atoms with Crippen molar-refractivity contribution < 1.29 is 4.39 Å². The maximum absolute atomic E-state index is 13.1. The molecule has 3 nitrogen and oxygen atoms in total. The molecule has 0 bridgehead atoms.